The van der Waals surface area contributed by atoms with E-state index in [9.17, 15) is 0 Å². The summed E-state index contributed by atoms with van der Waals surface area (Å²) < 4.78 is 42.3. The highest BCUT2D eigenvalue weighted by Crippen LogP contribution is 2.03. The molecule has 0 saturated carbocycles. The molecule has 0 radical (unpaired) electrons. The van der Waals surface area contributed by atoms with Gasteiger partial charge in [-0.25, -0.2) is 18.3 Å². The van der Waals surface area contributed by atoms with Gasteiger partial charge < -0.3 is 9.11 Å². The monoisotopic (exact) mass is 370 g/mol. The molecule has 0 spiro atoms. The smallest absolute Gasteiger partial charge is 0.244 e. The summed E-state index contributed by atoms with van der Waals surface area (Å²) in [4.78, 5) is 0. The average molecular weight is 370 g/mol. The minimum atomic E-state index is -5.17. The average Bonchev–Trinajstić information content (AvgIpc) is 3.13. The standard InChI is InChI=1S/2C8H13N2.H2O4S/c2*1-4-8(2)10-6-5-9(3)7-10;1-5(2,3)4/h2*4-8H,1H2,2-3H3;(H2,1,2,3,4)/q2*+1;/p-2. The third-order valence-corrected chi connectivity index (χ3v) is 3.20. The van der Waals surface area contributed by atoms with Gasteiger partial charge >= 0.3 is 0 Å². The van der Waals surface area contributed by atoms with Gasteiger partial charge in [-0.3, -0.25) is 8.42 Å². The van der Waals surface area contributed by atoms with Crippen LogP contribution in [0.1, 0.15) is 25.9 Å². The molecule has 2 aromatic rings. The van der Waals surface area contributed by atoms with E-state index in [1.54, 1.807) is 0 Å². The maximum Gasteiger partial charge on any atom is 0.244 e. The van der Waals surface area contributed by atoms with E-state index in [4.69, 9.17) is 17.5 Å². The molecule has 2 rings (SSSR count). The van der Waals surface area contributed by atoms with Crippen molar-refractivity contribution in [3.05, 3.63) is 62.8 Å². The number of hydrogen-bond donors (Lipinski definition) is 0. The molecule has 0 saturated heterocycles. The molecule has 140 valence electrons. The molecule has 0 amide bonds. The van der Waals surface area contributed by atoms with Crippen LogP contribution in [0.4, 0.5) is 0 Å². The molecule has 0 bridgehead atoms. The van der Waals surface area contributed by atoms with Gasteiger partial charge in [0.05, 0.1) is 14.1 Å². The van der Waals surface area contributed by atoms with Crippen molar-refractivity contribution in [1.82, 2.24) is 9.13 Å². The van der Waals surface area contributed by atoms with Gasteiger partial charge in [0, 0.05) is 10.4 Å². The van der Waals surface area contributed by atoms with Gasteiger partial charge in [0.15, 0.2) is 0 Å². The van der Waals surface area contributed by atoms with Crippen molar-refractivity contribution in [2.75, 3.05) is 0 Å². The zero-order valence-electron chi connectivity index (χ0n) is 15.0. The summed E-state index contributed by atoms with van der Waals surface area (Å²) in [5, 5.41) is 0. The van der Waals surface area contributed by atoms with Crippen LogP contribution < -0.4 is 9.13 Å². The molecule has 2 heterocycles. The highest BCUT2D eigenvalue weighted by molar-refractivity contribution is 7.79. The predicted octanol–water partition coefficient (Wildman–Crippen LogP) is 0.781. The lowest BCUT2D eigenvalue weighted by Gasteiger charge is -2.06. The Labute approximate surface area is 149 Å². The lowest BCUT2D eigenvalue weighted by atomic mass is 10.3. The minimum Gasteiger partial charge on any atom is -0.759 e. The first-order valence-electron chi connectivity index (χ1n) is 7.45. The van der Waals surface area contributed by atoms with Crippen LogP contribution in [0.3, 0.4) is 0 Å². The van der Waals surface area contributed by atoms with E-state index in [1.807, 2.05) is 72.8 Å². The van der Waals surface area contributed by atoms with Crippen molar-refractivity contribution < 1.29 is 26.7 Å². The fourth-order valence-corrected chi connectivity index (χ4v) is 1.66. The first-order chi connectivity index (χ1) is 11.5. The van der Waals surface area contributed by atoms with Crippen LogP contribution in [-0.2, 0) is 24.5 Å². The lowest BCUT2D eigenvalue weighted by Crippen LogP contribution is -2.24. The molecule has 25 heavy (non-hydrogen) atoms. The van der Waals surface area contributed by atoms with E-state index in [2.05, 4.69) is 36.1 Å². The summed E-state index contributed by atoms with van der Waals surface area (Å²) in [7, 11) is -1.15. The van der Waals surface area contributed by atoms with E-state index >= 15 is 0 Å². The highest BCUT2D eigenvalue weighted by atomic mass is 32.3. The number of nitrogens with zero attached hydrogens (tertiary/aromatic N) is 4. The Bertz CT molecular complexity index is 706. The quantitative estimate of drug-likeness (QED) is 0.344. The van der Waals surface area contributed by atoms with E-state index in [1.165, 1.54) is 0 Å². The number of rotatable bonds is 4. The van der Waals surface area contributed by atoms with Gasteiger partial charge in [-0.15, -0.1) is 0 Å². The minimum absolute atomic E-state index is 0.390. The zero-order chi connectivity index (χ0) is 19.6. The number of imidazole rings is 2. The molecule has 9 heteroatoms. The number of aromatic nitrogens is 4. The van der Waals surface area contributed by atoms with Gasteiger partial charge in [-0.05, 0) is 26.0 Å². The topological polar surface area (TPSA) is 97.9 Å². The van der Waals surface area contributed by atoms with Crippen molar-refractivity contribution in [3.63, 3.8) is 0 Å². The molecule has 0 N–H and O–H groups in total. The molecule has 0 fully saturated rings. The normalized spacial score (nSPS) is 12.7. The summed E-state index contributed by atoms with van der Waals surface area (Å²) in [6.07, 6.45) is 16.0. The maximum atomic E-state index is 8.52. The Hall–Kier alpha value is -2.23. The number of aryl methyl sites for hydroxylation is 2. The SMILES string of the molecule is C=CC(C)n1cc[n+](C)c1.C=CC(C)n1cc[n+](C)c1.O=S(=O)([O-])[O-]. The Morgan fingerprint density at radius 2 is 1.20 bits per heavy atom. The third-order valence-electron chi connectivity index (χ3n) is 3.20. The molecule has 8 nitrogen and oxygen atoms in total. The fourth-order valence-electron chi connectivity index (χ4n) is 1.66. The van der Waals surface area contributed by atoms with Gasteiger partial charge in [0.25, 0.3) is 0 Å². The number of hydrogen-bond acceptors (Lipinski definition) is 4. The summed E-state index contributed by atoms with van der Waals surface area (Å²) in [6.45, 7) is 11.6. The zero-order valence-corrected chi connectivity index (χ0v) is 15.8. The largest absolute Gasteiger partial charge is 0.759 e. The Morgan fingerprint density at radius 1 is 0.920 bits per heavy atom. The molecule has 0 aliphatic carbocycles. The van der Waals surface area contributed by atoms with Crippen LogP contribution in [0.25, 0.3) is 0 Å². The maximum absolute atomic E-state index is 8.52. The highest BCUT2D eigenvalue weighted by Gasteiger charge is 2.04. The molecule has 0 aliphatic rings. The van der Waals surface area contributed by atoms with Crippen LogP contribution in [0.2, 0.25) is 0 Å². The Kier molecular flexibility index (Phi) is 9.65. The van der Waals surface area contributed by atoms with Gasteiger partial charge in [0.2, 0.25) is 12.7 Å². The molecule has 0 aliphatic heterocycles. The molecule has 2 unspecified atom stereocenters. The Morgan fingerprint density at radius 3 is 1.36 bits per heavy atom. The summed E-state index contributed by atoms with van der Waals surface area (Å²) in [6, 6.07) is 0.780. The predicted molar refractivity (Wildman–Crippen MR) is 91.5 cm³/mol. The van der Waals surface area contributed by atoms with Crippen LogP contribution in [0.15, 0.2) is 62.8 Å². The molecule has 0 aromatic carbocycles. The summed E-state index contributed by atoms with van der Waals surface area (Å²) >= 11 is 0. The first-order valence-corrected chi connectivity index (χ1v) is 8.78. The molecule has 2 atom stereocenters. The molecular formula is C16H26N4O4S. The molecule has 2 aromatic heterocycles. The van der Waals surface area contributed by atoms with E-state index < -0.39 is 10.4 Å². The molecular weight excluding hydrogens is 344 g/mol. The van der Waals surface area contributed by atoms with Gasteiger partial charge in [0.1, 0.15) is 36.9 Å². The fraction of sp³-hybridized carbons (Fsp3) is 0.375. The van der Waals surface area contributed by atoms with Gasteiger partial charge in [-0.1, -0.05) is 13.2 Å². The van der Waals surface area contributed by atoms with Crippen LogP contribution >= 0.6 is 0 Å². The third kappa shape index (κ3) is 11.0. The van der Waals surface area contributed by atoms with E-state index in [-0.39, 0.29) is 0 Å². The number of allylic oxidation sites excluding steroid dienone is 2. The van der Waals surface area contributed by atoms with Crippen molar-refractivity contribution in [1.29, 1.82) is 0 Å². The van der Waals surface area contributed by atoms with E-state index in [0.29, 0.717) is 12.1 Å². The van der Waals surface area contributed by atoms with Crippen LogP contribution in [0.5, 0.6) is 0 Å². The van der Waals surface area contributed by atoms with E-state index in [0.717, 1.165) is 0 Å². The second-order valence-electron chi connectivity index (χ2n) is 5.41. The van der Waals surface area contributed by atoms with Crippen molar-refractivity contribution in [2.24, 2.45) is 14.1 Å². The van der Waals surface area contributed by atoms with Crippen LogP contribution in [0, 0.1) is 0 Å². The van der Waals surface area contributed by atoms with Crippen LogP contribution in [-0.4, -0.2) is 26.7 Å². The second-order valence-corrected chi connectivity index (χ2v) is 6.23. The Balaban J connectivity index is 0.000000368. The van der Waals surface area contributed by atoms with Crippen molar-refractivity contribution >= 4 is 10.4 Å². The first kappa shape index (κ1) is 22.8. The summed E-state index contributed by atoms with van der Waals surface area (Å²) in [5.74, 6) is 0. The lowest BCUT2D eigenvalue weighted by molar-refractivity contribution is -0.671. The van der Waals surface area contributed by atoms with Crippen molar-refractivity contribution in [2.45, 2.75) is 25.9 Å². The van der Waals surface area contributed by atoms with Crippen molar-refractivity contribution in [3.8, 4) is 0 Å². The summed E-state index contributed by atoms with van der Waals surface area (Å²) in [5.41, 5.74) is 0. The second kappa shape index (κ2) is 10.6. The van der Waals surface area contributed by atoms with Gasteiger partial charge in [-0.2, -0.15) is 0 Å².